The first kappa shape index (κ1) is 26.5. The van der Waals surface area contributed by atoms with Gasteiger partial charge in [-0.2, -0.15) is 15.0 Å². The summed E-state index contributed by atoms with van der Waals surface area (Å²) in [7, 11) is 2.12. The van der Waals surface area contributed by atoms with Gasteiger partial charge in [-0.1, -0.05) is 0 Å². The Morgan fingerprint density at radius 1 is 0.781 bits per heavy atom. The van der Waals surface area contributed by atoms with Gasteiger partial charge < -0.3 is 20.9 Å². The monoisotopic (exact) mass is 445 g/mol. The van der Waals surface area contributed by atoms with E-state index in [1.54, 1.807) is 0 Å². The predicted molar refractivity (Wildman–Crippen MR) is 136 cm³/mol. The van der Waals surface area contributed by atoms with Gasteiger partial charge in [-0.15, -0.1) is 13.2 Å². The number of piperidine rings is 2. The van der Waals surface area contributed by atoms with E-state index in [9.17, 15) is 0 Å². The molecule has 0 bridgehead atoms. The lowest BCUT2D eigenvalue weighted by molar-refractivity contribution is 0.160. The van der Waals surface area contributed by atoms with Gasteiger partial charge in [0.15, 0.2) is 0 Å². The SMILES string of the molecule is C=C.Cc1nc(NC2CC(C)(C)NC(C)(C)C2)nc(N(C)C2CC(C)(C)NC(C)(C)C2)n1. The number of nitrogens with one attached hydrogen (secondary N) is 3. The molecule has 0 aromatic carbocycles. The molecule has 32 heavy (non-hydrogen) atoms. The Labute approximate surface area is 196 Å². The fraction of sp³-hybridized carbons (Fsp3) is 0.800. The molecule has 7 nitrogen and oxygen atoms in total. The zero-order valence-corrected chi connectivity index (χ0v) is 22.2. The lowest BCUT2D eigenvalue weighted by Crippen LogP contribution is -2.62. The second-order valence-corrected chi connectivity index (χ2v) is 12.2. The third kappa shape index (κ3) is 7.14. The van der Waals surface area contributed by atoms with Gasteiger partial charge in [0.25, 0.3) is 0 Å². The summed E-state index contributed by atoms with van der Waals surface area (Å²) in [6, 6.07) is 0.704. The quantitative estimate of drug-likeness (QED) is 0.591. The van der Waals surface area contributed by atoms with Crippen LogP contribution in [0.5, 0.6) is 0 Å². The van der Waals surface area contributed by atoms with Crippen molar-refractivity contribution in [2.24, 2.45) is 0 Å². The number of hydrogen-bond donors (Lipinski definition) is 3. The lowest BCUT2D eigenvalue weighted by Gasteiger charge is -2.49. The zero-order chi connectivity index (χ0) is 24.5. The molecule has 3 rings (SSSR count). The van der Waals surface area contributed by atoms with Gasteiger partial charge in [0.1, 0.15) is 5.82 Å². The van der Waals surface area contributed by atoms with Crippen molar-refractivity contribution in [2.75, 3.05) is 17.3 Å². The first-order valence-corrected chi connectivity index (χ1v) is 11.9. The third-order valence-electron chi connectivity index (χ3n) is 6.29. The molecule has 0 saturated carbocycles. The van der Waals surface area contributed by atoms with Crippen LogP contribution >= 0.6 is 0 Å². The molecule has 182 valence electrons. The highest BCUT2D eigenvalue weighted by atomic mass is 15.3. The Bertz CT molecular complexity index is 752. The van der Waals surface area contributed by atoms with Crippen LogP contribution in [-0.4, -0.2) is 56.2 Å². The average Bonchev–Trinajstić information content (AvgIpc) is 2.56. The summed E-state index contributed by atoms with van der Waals surface area (Å²) in [6.45, 7) is 26.1. The third-order valence-corrected chi connectivity index (χ3v) is 6.29. The minimum atomic E-state index is 0.0768. The van der Waals surface area contributed by atoms with Crippen molar-refractivity contribution in [3.05, 3.63) is 19.0 Å². The molecule has 7 heteroatoms. The molecule has 0 unspecified atom stereocenters. The van der Waals surface area contributed by atoms with E-state index in [-0.39, 0.29) is 22.2 Å². The molecule has 1 aromatic heterocycles. The number of aromatic nitrogens is 3. The van der Waals surface area contributed by atoms with Gasteiger partial charge in [0.2, 0.25) is 11.9 Å². The molecule has 3 N–H and O–H groups in total. The van der Waals surface area contributed by atoms with E-state index in [4.69, 9.17) is 4.98 Å². The Kier molecular flexibility index (Phi) is 7.67. The highest BCUT2D eigenvalue weighted by Gasteiger charge is 2.40. The maximum atomic E-state index is 4.85. The van der Waals surface area contributed by atoms with Crippen LogP contribution < -0.4 is 20.9 Å². The molecule has 0 radical (unpaired) electrons. The van der Waals surface area contributed by atoms with Crippen LogP contribution in [0.1, 0.15) is 86.9 Å². The van der Waals surface area contributed by atoms with Crippen LogP contribution in [0.2, 0.25) is 0 Å². The van der Waals surface area contributed by atoms with Gasteiger partial charge in [0.05, 0.1) is 0 Å². The number of hydrogen-bond acceptors (Lipinski definition) is 7. The molecule has 3 heterocycles. The van der Waals surface area contributed by atoms with E-state index >= 15 is 0 Å². The van der Waals surface area contributed by atoms with Crippen molar-refractivity contribution < 1.29 is 0 Å². The van der Waals surface area contributed by atoms with Gasteiger partial charge in [-0.3, -0.25) is 0 Å². The van der Waals surface area contributed by atoms with E-state index in [1.807, 2.05) is 6.92 Å². The normalized spacial score (nSPS) is 24.2. The summed E-state index contributed by atoms with van der Waals surface area (Å²) in [4.78, 5) is 16.4. The minimum Gasteiger partial charge on any atom is -0.351 e. The van der Waals surface area contributed by atoms with Gasteiger partial charge in [-0.25, -0.2) is 0 Å². The van der Waals surface area contributed by atoms with E-state index in [1.165, 1.54) is 0 Å². The standard InChI is InChI=1S/C23H43N7.C2H4/c1-15-24-18(26-16-11-20(2,3)28-21(4,5)12-16)27-19(25-15)30(10)17-13-22(6,7)29-23(8,9)14-17;1-2/h16-17,28-29H,11-14H2,1-10H3,(H,24,25,26,27);1-2H2. The van der Waals surface area contributed by atoms with Crippen molar-refractivity contribution in [3.63, 3.8) is 0 Å². The highest BCUT2D eigenvalue weighted by molar-refractivity contribution is 5.39. The van der Waals surface area contributed by atoms with Crippen LogP contribution in [0, 0.1) is 6.92 Å². The van der Waals surface area contributed by atoms with Crippen LogP contribution in [-0.2, 0) is 0 Å². The van der Waals surface area contributed by atoms with E-state index < -0.39 is 0 Å². The minimum absolute atomic E-state index is 0.0768. The summed E-state index contributed by atoms with van der Waals surface area (Å²) < 4.78 is 0. The molecule has 0 atom stereocenters. The van der Waals surface area contributed by atoms with Crippen molar-refractivity contribution in [1.82, 2.24) is 25.6 Å². The first-order valence-electron chi connectivity index (χ1n) is 11.9. The van der Waals surface area contributed by atoms with Gasteiger partial charge in [0, 0.05) is 41.3 Å². The molecule has 0 spiro atoms. The summed E-state index contributed by atoms with van der Waals surface area (Å²) in [5, 5.41) is 11.1. The van der Waals surface area contributed by atoms with Gasteiger partial charge >= 0.3 is 0 Å². The Balaban J connectivity index is 0.00000176. The van der Waals surface area contributed by atoms with Crippen LogP contribution in [0.4, 0.5) is 11.9 Å². The Morgan fingerprint density at radius 2 is 1.22 bits per heavy atom. The van der Waals surface area contributed by atoms with Crippen LogP contribution in [0.3, 0.4) is 0 Å². The largest absolute Gasteiger partial charge is 0.351 e. The van der Waals surface area contributed by atoms with E-state index in [2.05, 4.69) is 106 Å². The maximum absolute atomic E-state index is 4.85. The maximum Gasteiger partial charge on any atom is 0.230 e. The molecular formula is C25H47N7. The smallest absolute Gasteiger partial charge is 0.230 e. The second kappa shape index (κ2) is 9.26. The van der Waals surface area contributed by atoms with Gasteiger partial charge in [-0.05, 0) is 88.0 Å². The fourth-order valence-corrected chi connectivity index (χ4v) is 6.00. The summed E-state index contributed by atoms with van der Waals surface area (Å²) >= 11 is 0. The average molecular weight is 446 g/mol. The second-order valence-electron chi connectivity index (χ2n) is 12.2. The van der Waals surface area contributed by atoms with Crippen molar-refractivity contribution in [3.8, 4) is 0 Å². The molecule has 2 aliphatic heterocycles. The molecule has 2 fully saturated rings. The van der Waals surface area contributed by atoms with E-state index in [0.717, 1.165) is 37.5 Å². The van der Waals surface area contributed by atoms with Crippen LogP contribution in [0.15, 0.2) is 13.2 Å². The zero-order valence-electron chi connectivity index (χ0n) is 22.2. The molecule has 0 amide bonds. The number of aryl methyl sites for hydroxylation is 1. The fourth-order valence-electron chi connectivity index (χ4n) is 6.00. The summed E-state index contributed by atoms with van der Waals surface area (Å²) in [5.74, 6) is 2.21. The topological polar surface area (TPSA) is 78.0 Å². The van der Waals surface area contributed by atoms with Crippen LogP contribution in [0.25, 0.3) is 0 Å². The lowest BCUT2D eigenvalue weighted by atomic mass is 9.79. The Hall–Kier alpha value is -1.73. The molecule has 2 saturated heterocycles. The van der Waals surface area contributed by atoms with E-state index in [0.29, 0.717) is 18.0 Å². The first-order chi connectivity index (χ1) is 14.5. The number of anilines is 2. The molecule has 2 aliphatic rings. The van der Waals surface area contributed by atoms with Crippen molar-refractivity contribution in [2.45, 2.75) is 122 Å². The molecule has 1 aromatic rings. The molecular weight excluding hydrogens is 398 g/mol. The number of nitrogens with zero attached hydrogens (tertiary/aromatic N) is 4. The molecule has 0 aliphatic carbocycles. The predicted octanol–water partition coefficient (Wildman–Crippen LogP) is 4.45. The highest BCUT2D eigenvalue weighted by Crippen LogP contribution is 2.33. The van der Waals surface area contributed by atoms with Crippen molar-refractivity contribution >= 4 is 11.9 Å². The number of rotatable bonds is 4. The summed E-state index contributed by atoms with van der Waals surface area (Å²) in [5.41, 5.74) is 0.312. The summed E-state index contributed by atoms with van der Waals surface area (Å²) in [6.07, 6.45) is 4.17. The Morgan fingerprint density at radius 3 is 1.69 bits per heavy atom. The van der Waals surface area contributed by atoms with Crippen molar-refractivity contribution in [1.29, 1.82) is 0 Å².